The first-order chi connectivity index (χ1) is 17.3. The normalized spacial score (nSPS) is 16.5. The highest BCUT2D eigenvalue weighted by Crippen LogP contribution is 2.31. The number of hydrogen-bond donors (Lipinski definition) is 3. The summed E-state index contributed by atoms with van der Waals surface area (Å²) in [6.45, 7) is 0.485. The van der Waals surface area contributed by atoms with Crippen molar-refractivity contribution in [1.82, 2.24) is 9.62 Å². The van der Waals surface area contributed by atoms with E-state index in [1.54, 1.807) is 24.3 Å². The van der Waals surface area contributed by atoms with Gasteiger partial charge in [-0.05, 0) is 30.0 Å². The highest BCUT2D eigenvalue weighted by molar-refractivity contribution is 7.91. The van der Waals surface area contributed by atoms with Crippen LogP contribution in [0.4, 0.5) is 13.2 Å². The molecular weight excluding hydrogens is 557 g/mol. The summed E-state index contributed by atoms with van der Waals surface area (Å²) >= 11 is 7.10. The zero-order valence-electron chi connectivity index (χ0n) is 18.8. The highest BCUT2D eigenvalue weighted by atomic mass is 35.5. The number of hydrogen-bond acceptors (Lipinski definition) is 6. The van der Waals surface area contributed by atoms with Crippen LogP contribution >= 0.6 is 22.9 Å². The summed E-state index contributed by atoms with van der Waals surface area (Å²) in [6, 6.07) is 15.2. The van der Waals surface area contributed by atoms with Crippen LogP contribution in [0.25, 0.3) is 10.1 Å². The van der Waals surface area contributed by atoms with Gasteiger partial charge in [0.1, 0.15) is 22.8 Å². The molecule has 2 heterocycles. The number of thiophene rings is 1. The minimum absolute atomic E-state index is 0.0825. The molecule has 1 aromatic heterocycles. The third-order valence-electron chi connectivity index (χ3n) is 5.04. The van der Waals surface area contributed by atoms with Gasteiger partial charge in [0.15, 0.2) is 0 Å². The van der Waals surface area contributed by atoms with Crippen LogP contribution in [-0.2, 0) is 19.6 Å². The lowest BCUT2D eigenvalue weighted by Gasteiger charge is -2.15. The second-order valence-electron chi connectivity index (χ2n) is 7.67. The van der Waals surface area contributed by atoms with E-state index in [9.17, 15) is 26.4 Å². The molecule has 198 valence electrons. The maximum Gasteiger partial charge on any atom is 0.490 e. The van der Waals surface area contributed by atoms with Crippen molar-refractivity contribution < 1.29 is 36.3 Å². The van der Waals surface area contributed by atoms with Gasteiger partial charge in [-0.25, -0.2) is 18.2 Å². The molecule has 1 amide bonds. The molecule has 1 aliphatic heterocycles. The Kier molecular flexibility index (Phi) is 8.79. The van der Waals surface area contributed by atoms with Crippen LogP contribution < -0.4 is 10.5 Å². The maximum absolute atomic E-state index is 12.8. The third kappa shape index (κ3) is 7.41. The van der Waals surface area contributed by atoms with E-state index in [2.05, 4.69) is 9.71 Å². The molecule has 1 saturated heterocycles. The number of aliphatic imine (C=N–C) groups is 1. The van der Waals surface area contributed by atoms with Gasteiger partial charge in [-0.2, -0.15) is 17.9 Å². The van der Waals surface area contributed by atoms with Gasteiger partial charge in [-0.15, -0.1) is 11.3 Å². The SMILES string of the molecule is NC(=NCN1CCC(NS(=O)(=O)c2cc3ccc(Cl)cc3s2)C1=O)c1ccccc1.O=C(O)C(F)(F)F. The maximum atomic E-state index is 12.8. The summed E-state index contributed by atoms with van der Waals surface area (Å²) in [4.78, 5) is 27.3. The zero-order valence-corrected chi connectivity index (χ0v) is 21.2. The topological polar surface area (TPSA) is 142 Å². The Morgan fingerprint density at radius 3 is 2.49 bits per heavy atom. The Hall–Kier alpha value is -3.20. The molecule has 15 heteroatoms. The number of carbonyl (C=O) groups excluding carboxylic acids is 1. The number of aliphatic carboxylic acids is 1. The fraction of sp³-hybridized carbons (Fsp3) is 0.227. The number of carbonyl (C=O) groups is 2. The average Bonchev–Trinajstić information content (AvgIpc) is 3.41. The number of carboxylic acids is 1. The Morgan fingerprint density at radius 2 is 1.86 bits per heavy atom. The monoisotopic (exact) mass is 576 g/mol. The lowest BCUT2D eigenvalue weighted by molar-refractivity contribution is -0.192. The van der Waals surface area contributed by atoms with Crippen molar-refractivity contribution in [3.8, 4) is 0 Å². The summed E-state index contributed by atoms with van der Waals surface area (Å²) in [6.07, 6.45) is -4.71. The van der Waals surface area contributed by atoms with Crippen molar-refractivity contribution in [2.45, 2.75) is 22.8 Å². The van der Waals surface area contributed by atoms with Crippen LogP contribution in [-0.4, -0.2) is 61.6 Å². The Bertz CT molecular complexity index is 1430. The minimum Gasteiger partial charge on any atom is -0.475 e. The van der Waals surface area contributed by atoms with E-state index in [-0.39, 0.29) is 16.8 Å². The quantitative estimate of drug-likeness (QED) is 0.303. The third-order valence-corrected chi connectivity index (χ3v) is 8.32. The molecule has 1 fully saturated rings. The molecule has 1 atom stereocenters. The average molecular weight is 577 g/mol. The second-order valence-corrected chi connectivity index (χ2v) is 11.1. The number of nitrogens with two attached hydrogens (primary N) is 1. The molecule has 37 heavy (non-hydrogen) atoms. The van der Waals surface area contributed by atoms with Crippen LogP contribution in [0.5, 0.6) is 0 Å². The number of rotatable bonds is 6. The molecule has 4 rings (SSSR count). The van der Waals surface area contributed by atoms with Gasteiger partial charge in [0, 0.05) is 21.8 Å². The number of nitrogens with one attached hydrogen (secondary N) is 1. The van der Waals surface area contributed by atoms with Gasteiger partial charge in [0.2, 0.25) is 5.91 Å². The van der Waals surface area contributed by atoms with E-state index in [1.165, 1.54) is 4.90 Å². The number of amidine groups is 1. The van der Waals surface area contributed by atoms with Gasteiger partial charge in [0.25, 0.3) is 10.0 Å². The molecule has 0 bridgehead atoms. The fourth-order valence-electron chi connectivity index (χ4n) is 3.21. The first kappa shape index (κ1) is 28.4. The molecule has 0 aliphatic carbocycles. The minimum atomic E-state index is -5.08. The molecule has 1 aliphatic rings. The lowest BCUT2D eigenvalue weighted by atomic mass is 10.2. The lowest BCUT2D eigenvalue weighted by Crippen LogP contribution is -2.41. The molecule has 0 spiro atoms. The molecule has 0 saturated carbocycles. The summed E-state index contributed by atoms with van der Waals surface area (Å²) < 4.78 is 60.8. The van der Waals surface area contributed by atoms with E-state index < -0.39 is 28.2 Å². The number of alkyl halides is 3. The molecule has 2 aromatic carbocycles. The van der Waals surface area contributed by atoms with E-state index in [0.29, 0.717) is 23.8 Å². The number of amides is 1. The smallest absolute Gasteiger partial charge is 0.475 e. The van der Waals surface area contributed by atoms with Gasteiger partial charge in [-0.3, -0.25) is 4.79 Å². The van der Waals surface area contributed by atoms with Crippen molar-refractivity contribution in [3.05, 3.63) is 65.2 Å². The van der Waals surface area contributed by atoms with Crippen molar-refractivity contribution in [2.24, 2.45) is 10.7 Å². The van der Waals surface area contributed by atoms with Crippen LogP contribution in [0.15, 0.2) is 63.8 Å². The summed E-state index contributed by atoms with van der Waals surface area (Å²) in [7, 11) is -3.83. The second kappa shape index (κ2) is 11.5. The van der Waals surface area contributed by atoms with Crippen molar-refractivity contribution in [1.29, 1.82) is 0 Å². The van der Waals surface area contributed by atoms with Crippen molar-refractivity contribution in [3.63, 3.8) is 0 Å². The summed E-state index contributed by atoms with van der Waals surface area (Å²) in [5.74, 6) is -2.74. The summed E-state index contributed by atoms with van der Waals surface area (Å²) in [5, 5.41) is 8.45. The first-order valence-electron chi connectivity index (χ1n) is 10.4. The molecule has 9 nitrogen and oxygen atoms in total. The van der Waals surface area contributed by atoms with Gasteiger partial charge in [0.05, 0.1) is 0 Å². The first-order valence-corrected chi connectivity index (χ1v) is 13.1. The molecule has 0 radical (unpaired) electrons. The van der Waals surface area contributed by atoms with Gasteiger partial charge in [-0.1, -0.05) is 48.0 Å². The Labute approximate surface area is 218 Å². The number of fused-ring (bicyclic) bond motifs is 1. The van der Waals surface area contributed by atoms with Crippen LogP contribution in [0.1, 0.15) is 12.0 Å². The molecular formula is C22H20ClF3N4O5S2. The molecule has 1 unspecified atom stereocenters. The Morgan fingerprint density at radius 1 is 1.22 bits per heavy atom. The highest BCUT2D eigenvalue weighted by Gasteiger charge is 2.38. The van der Waals surface area contributed by atoms with Crippen molar-refractivity contribution >= 4 is 60.8 Å². The van der Waals surface area contributed by atoms with E-state index in [4.69, 9.17) is 27.2 Å². The fourth-order valence-corrected chi connectivity index (χ4v) is 6.12. The summed E-state index contributed by atoms with van der Waals surface area (Å²) in [5.41, 5.74) is 6.74. The number of halogens is 4. The molecule has 4 N–H and O–H groups in total. The number of benzene rings is 2. The van der Waals surface area contributed by atoms with Crippen molar-refractivity contribution in [2.75, 3.05) is 13.2 Å². The zero-order chi connectivity index (χ0) is 27.4. The van der Waals surface area contributed by atoms with E-state index >= 15 is 0 Å². The number of carboxylic acid groups (broad SMARTS) is 1. The largest absolute Gasteiger partial charge is 0.490 e. The van der Waals surface area contributed by atoms with Crippen LogP contribution in [0.3, 0.4) is 0 Å². The predicted octanol–water partition coefficient (Wildman–Crippen LogP) is 3.43. The van der Waals surface area contributed by atoms with Gasteiger partial charge >= 0.3 is 12.1 Å². The predicted molar refractivity (Wildman–Crippen MR) is 133 cm³/mol. The Balaban J connectivity index is 0.000000479. The van der Waals surface area contributed by atoms with Gasteiger partial charge < -0.3 is 15.7 Å². The van der Waals surface area contributed by atoms with E-state index in [1.807, 2.05) is 30.3 Å². The van der Waals surface area contributed by atoms with Crippen LogP contribution in [0, 0.1) is 0 Å². The number of sulfonamides is 1. The van der Waals surface area contributed by atoms with E-state index in [0.717, 1.165) is 27.0 Å². The standard InChI is InChI=1S/C20H19ClN4O3S2.C2HF3O2/c21-15-7-6-14-10-18(29-17(14)11-15)30(27,28)24-16-8-9-25(20(16)26)12-23-19(22)13-4-2-1-3-5-13;3-2(4,5)1(6)7/h1-7,10-11,16,24H,8-9,12H2,(H2,22,23);(H,6,7). The molecule has 3 aromatic rings. The number of likely N-dealkylation sites (tertiary alicyclic amines) is 1. The van der Waals surface area contributed by atoms with Crippen LogP contribution in [0.2, 0.25) is 5.02 Å². The number of nitrogens with zero attached hydrogens (tertiary/aromatic N) is 2.